The Morgan fingerprint density at radius 3 is 2.68 bits per heavy atom. The van der Waals surface area contributed by atoms with Crippen molar-refractivity contribution in [2.75, 3.05) is 0 Å². The number of nitrogens with zero attached hydrogens (tertiary/aromatic N) is 2. The van der Waals surface area contributed by atoms with Crippen LogP contribution in [0.5, 0.6) is 0 Å². The molecule has 8 heteroatoms. The minimum Gasteiger partial charge on any atom is -0.444 e. The van der Waals surface area contributed by atoms with E-state index >= 15 is 0 Å². The lowest BCUT2D eigenvalue weighted by Crippen LogP contribution is -2.40. The van der Waals surface area contributed by atoms with Crippen LogP contribution in [-0.4, -0.2) is 21.8 Å². The average Bonchev–Trinajstić information content (AvgIpc) is 3.07. The Bertz CT molecular complexity index is 750. The first kappa shape index (κ1) is 15.1. The van der Waals surface area contributed by atoms with Crippen LogP contribution in [0.4, 0.5) is 4.79 Å². The Labute approximate surface area is 136 Å². The molecule has 3 rings (SSSR count). The number of aromatic nitrogens is 1. The van der Waals surface area contributed by atoms with Gasteiger partial charge in [-0.2, -0.15) is 0 Å². The van der Waals surface area contributed by atoms with Gasteiger partial charge in [-0.15, -0.1) is 11.3 Å². The molecule has 0 radical (unpaired) electrons. The summed E-state index contributed by atoms with van der Waals surface area (Å²) in [6.07, 6.45) is 0. The number of oxazole rings is 1. The molecule has 0 aromatic carbocycles. The third-order valence-electron chi connectivity index (χ3n) is 3.71. The van der Waals surface area contributed by atoms with Gasteiger partial charge in [0.15, 0.2) is 5.54 Å². The van der Waals surface area contributed by atoms with Gasteiger partial charge in [-0.3, -0.25) is 9.69 Å². The Balaban J connectivity index is 1.88. The lowest BCUT2D eigenvalue weighted by Gasteiger charge is -2.19. The van der Waals surface area contributed by atoms with E-state index in [4.69, 9.17) is 16.0 Å². The first-order chi connectivity index (χ1) is 10.3. The van der Waals surface area contributed by atoms with E-state index in [1.54, 1.807) is 26.0 Å². The van der Waals surface area contributed by atoms with E-state index in [0.717, 1.165) is 10.6 Å². The van der Waals surface area contributed by atoms with Gasteiger partial charge in [-0.25, -0.2) is 9.78 Å². The van der Waals surface area contributed by atoms with Crippen molar-refractivity contribution >= 4 is 34.9 Å². The van der Waals surface area contributed by atoms with Crippen LogP contribution >= 0.6 is 22.9 Å². The van der Waals surface area contributed by atoms with Gasteiger partial charge in [0.05, 0.1) is 10.0 Å². The van der Waals surface area contributed by atoms with Crippen molar-refractivity contribution < 1.29 is 14.0 Å². The molecular weight excluding hydrogens is 326 g/mol. The summed E-state index contributed by atoms with van der Waals surface area (Å²) in [5.74, 6) is 0.673. The van der Waals surface area contributed by atoms with Crippen molar-refractivity contribution in [3.63, 3.8) is 0 Å². The predicted molar refractivity (Wildman–Crippen MR) is 81.7 cm³/mol. The number of nitrogens with one attached hydrogen (secondary N) is 1. The molecule has 2 aromatic rings. The highest BCUT2D eigenvalue weighted by Crippen LogP contribution is 2.35. The van der Waals surface area contributed by atoms with Gasteiger partial charge < -0.3 is 9.73 Å². The molecule has 0 unspecified atom stereocenters. The van der Waals surface area contributed by atoms with Crippen molar-refractivity contribution in [3.8, 4) is 0 Å². The Morgan fingerprint density at radius 1 is 1.41 bits per heavy atom. The molecule has 22 heavy (non-hydrogen) atoms. The van der Waals surface area contributed by atoms with E-state index < -0.39 is 11.6 Å². The summed E-state index contributed by atoms with van der Waals surface area (Å²) in [7, 11) is 0. The molecule has 0 saturated carbocycles. The van der Waals surface area contributed by atoms with Crippen molar-refractivity contribution in [3.05, 3.63) is 38.7 Å². The maximum absolute atomic E-state index is 12.7. The highest BCUT2D eigenvalue weighted by Gasteiger charge is 2.50. The molecule has 1 aliphatic heterocycles. The molecule has 0 bridgehead atoms. The van der Waals surface area contributed by atoms with E-state index in [1.165, 1.54) is 11.3 Å². The molecule has 1 N–H and O–H groups in total. The van der Waals surface area contributed by atoms with E-state index in [0.29, 0.717) is 20.9 Å². The number of thiophene rings is 1. The Hall–Kier alpha value is -1.86. The maximum atomic E-state index is 12.7. The normalized spacial score (nSPS) is 21.5. The number of halogens is 1. The smallest absolute Gasteiger partial charge is 0.325 e. The third kappa shape index (κ3) is 2.30. The lowest BCUT2D eigenvalue weighted by atomic mass is 10.0. The summed E-state index contributed by atoms with van der Waals surface area (Å²) in [5.41, 5.74) is -0.360. The fourth-order valence-electron chi connectivity index (χ4n) is 2.33. The summed E-state index contributed by atoms with van der Waals surface area (Å²) in [5, 5.41) is 2.72. The molecule has 0 spiro atoms. The summed E-state index contributed by atoms with van der Waals surface area (Å²) in [4.78, 5) is 30.9. The van der Waals surface area contributed by atoms with Crippen LogP contribution in [0.1, 0.15) is 29.1 Å². The van der Waals surface area contributed by atoms with Gasteiger partial charge in [-0.05, 0) is 32.9 Å². The maximum Gasteiger partial charge on any atom is 0.325 e. The number of hydrogen-bond donors (Lipinski definition) is 1. The number of hydrogen-bond acceptors (Lipinski definition) is 5. The number of carbonyl (C=O) groups excluding carboxylic acids is 2. The first-order valence-corrected chi connectivity index (χ1v) is 7.83. The highest BCUT2D eigenvalue weighted by molar-refractivity contribution is 7.16. The predicted octanol–water partition coefficient (Wildman–Crippen LogP) is 2.97. The van der Waals surface area contributed by atoms with Crippen LogP contribution in [0.15, 0.2) is 16.5 Å². The standard InChI is InChI=1S/C14H14ClN3O3S/c1-7-8(2)21-11(16-7)6-18-12(19)14(3,17-13(18)20)9-4-5-10(15)22-9/h4-5H,6H2,1-3H3,(H,17,20)/t14-/m1/s1. The third-order valence-corrected chi connectivity index (χ3v) is 5.16. The van der Waals surface area contributed by atoms with E-state index in [1.807, 2.05) is 6.92 Å². The van der Waals surface area contributed by atoms with Crippen LogP contribution in [0.25, 0.3) is 0 Å². The molecule has 1 atom stereocenters. The van der Waals surface area contributed by atoms with E-state index in [-0.39, 0.29) is 12.5 Å². The summed E-state index contributed by atoms with van der Waals surface area (Å²) >= 11 is 7.20. The highest BCUT2D eigenvalue weighted by atomic mass is 35.5. The molecule has 6 nitrogen and oxygen atoms in total. The van der Waals surface area contributed by atoms with Gasteiger partial charge in [0.1, 0.15) is 12.3 Å². The second-order valence-electron chi connectivity index (χ2n) is 5.30. The fourth-order valence-corrected chi connectivity index (χ4v) is 3.47. The van der Waals surface area contributed by atoms with E-state index in [9.17, 15) is 9.59 Å². The molecule has 2 aromatic heterocycles. The quantitative estimate of drug-likeness (QED) is 0.872. The fraction of sp³-hybridized carbons (Fsp3) is 0.357. The van der Waals surface area contributed by atoms with Crippen LogP contribution in [0.2, 0.25) is 4.34 Å². The Morgan fingerprint density at radius 2 is 2.14 bits per heavy atom. The molecule has 1 fully saturated rings. The first-order valence-electron chi connectivity index (χ1n) is 6.64. The van der Waals surface area contributed by atoms with Crippen molar-refractivity contribution in [2.45, 2.75) is 32.9 Å². The van der Waals surface area contributed by atoms with Gasteiger partial charge >= 0.3 is 6.03 Å². The molecule has 3 heterocycles. The van der Waals surface area contributed by atoms with Crippen LogP contribution in [-0.2, 0) is 16.9 Å². The molecule has 1 saturated heterocycles. The number of aryl methyl sites for hydroxylation is 2. The molecule has 116 valence electrons. The number of amides is 3. The van der Waals surface area contributed by atoms with Gasteiger partial charge in [0.2, 0.25) is 5.89 Å². The van der Waals surface area contributed by atoms with Gasteiger partial charge in [0.25, 0.3) is 5.91 Å². The number of rotatable bonds is 3. The van der Waals surface area contributed by atoms with Crippen molar-refractivity contribution in [2.24, 2.45) is 0 Å². The molecular formula is C14H14ClN3O3S. The van der Waals surface area contributed by atoms with Crippen molar-refractivity contribution in [1.82, 2.24) is 15.2 Å². The minimum absolute atomic E-state index is 0.00798. The SMILES string of the molecule is Cc1nc(CN2C(=O)N[C@](C)(c3ccc(Cl)s3)C2=O)oc1C. The topological polar surface area (TPSA) is 75.4 Å². The second-order valence-corrected chi connectivity index (χ2v) is 7.01. The van der Waals surface area contributed by atoms with Crippen LogP contribution in [0.3, 0.4) is 0 Å². The lowest BCUT2D eigenvalue weighted by molar-refractivity contribution is -0.131. The minimum atomic E-state index is -1.11. The number of imide groups is 1. The molecule has 3 amide bonds. The Kier molecular flexibility index (Phi) is 3.49. The van der Waals surface area contributed by atoms with Crippen LogP contribution in [0, 0.1) is 13.8 Å². The largest absolute Gasteiger partial charge is 0.444 e. The average molecular weight is 340 g/mol. The number of carbonyl (C=O) groups is 2. The zero-order chi connectivity index (χ0) is 16.1. The summed E-state index contributed by atoms with van der Waals surface area (Å²) in [6.45, 7) is 5.27. The zero-order valence-corrected chi connectivity index (χ0v) is 13.8. The van der Waals surface area contributed by atoms with Crippen molar-refractivity contribution in [1.29, 1.82) is 0 Å². The van der Waals surface area contributed by atoms with Crippen LogP contribution < -0.4 is 5.32 Å². The summed E-state index contributed by atoms with van der Waals surface area (Å²) in [6, 6.07) is 2.98. The molecule has 1 aliphatic rings. The van der Waals surface area contributed by atoms with E-state index in [2.05, 4.69) is 10.3 Å². The van der Waals surface area contributed by atoms with Gasteiger partial charge in [-0.1, -0.05) is 11.6 Å². The second kappa shape index (κ2) is 5.10. The number of urea groups is 1. The molecule has 0 aliphatic carbocycles. The zero-order valence-electron chi connectivity index (χ0n) is 12.3. The summed E-state index contributed by atoms with van der Waals surface area (Å²) < 4.78 is 6.01. The monoisotopic (exact) mass is 339 g/mol. The van der Waals surface area contributed by atoms with Gasteiger partial charge in [0, 0.05) is 4.88 Å².